The van der Waals surface area contributed by atoms with Gasteiger partial charge < -0.3 is 14.8 Å². The highest BCUT2D eigenvalue weighted by atomic mass is 16.5. The summed E-state index contributed by atoms with van der Waals surface area (Å²) in [4.78, 5) is 0. The van der Waals surface area contributed by atoms with Crippen molar-refractivity contribution in [2.24, 2.45) is 0 Å². The fourth-order valence-electron chi connectivity index (χ4n) is 1.79. The summed E-state index contributed by atoms with van der Waals surface area (Å²) in [6.07, 6.45) is 1.91. The molecule has 0 aliphatic heterocycles. The summed E-state index contributed by atoms with van der Waals surface area (Å²) in [6, 6.07) is 7.63. The Bertz CT molecular complexity index is 527. The van der Waals surface area contributed by atoms with E-state index in [1.807, 2.05) is 44.4 Å². The van der Waals surface area contributed by atoms with Crippen molar-refractivity contribution in [3.05, 3.63) is 36.2 Å². The van der Waals surface area contributed by atoms with Crippen LogP contribution in [0.1, 0.15) is 12.6 Å². The van der Waals surface area contributed by atoms with Gasteiger partial charge in [-0.15, -0.1) is 5.10 Å². The average molecular weight is 276 g/mol. The lowest BCUT2D eigenvalue weighted by Gasteiger charge is -2.08. The van der Waals surface area contributed by atoms with Crippen molar-refractivity contribution in [1.29, 1.82) is 0 Å². The van der Waals surface area contributed by atoms with Gasteiger partial charge in [0.15, 0.2) is 0 Å². The molecule has 20 heavy (non-hydrogen) atoms. The molecule has 0 radical (unpaired) electrons. The number of aromatic nitrogens is 3. The predicted octanol–water partition coefficient (Wildman–Crippen LogP) is 1.48. The van der Waals surface area contributed by atoms with E-state index in [0.717, 1.165) is 23.7 Å². The number of nitrogens with zero attached hydrogens (tertiary/aromatic N) is 3. The molecule has 0 saturated carbocycles. The topological polar surface area (TPSA) is 61.2 Å². The number of nitrogens with one attached hydrogen (secondary N) is 1. The van der Waals surface area contributed by atoms with Gasteiger partial charge in [-0.25, -0.2) is 4.68 Å². The van der Waals surface area contributed by atoms with E-state index in [-0.39, 0.29) is 0 Å². The van der Waals surface area contributed by atoms with Crippen LogP contribution in [0.5, 0.6) is 11.5 Å². The quantitative estimate of drug-likeness (QED) is 0.791. The lowest BCUT2D eigenvalue weighted by Crippen LogP contribution is -2.09. The molecule has 2 rings (SSSR count). The number of benzene rings is 1. The summed E-state index contributed by atoms with van der Waals surface area (Å²) in [6.45, 7) is 4.53. The van der Waals surface area contributed by atoms with Gasteiger partial charge in [-0.05, 0) is 26.1 Å². The maximum absolute atomic E-state index is 5.68. The highest BCUT2D eigenvalue weighted by Gasteiger charge is 2.01. The first-order valence-electron chi connectivity index (χ1n) is 6.71. The highest BCUT2D eigenvalue weighted by molar-refractivity contribution is 5.32. The Morgan fingerprint density at radius 3 is 2.80 bits per heavy atom. The number of ether oxygens (including phenoxy) is 2. The van der Waals surface area contributed by atoms with Crippen molar-refractivity contribution in [1.82, 2.24) is 20.3 Å². The van der Waals surface area contributed by atoms with Crippen LogP contribution in [0.15, 0.2) is 30.5 Å². The van der Waals surface area contributed by atoms with E-state index in [2.05, 4.69) is 15.6 Å². The van der Waals surface area contributed by atoms with E-state index in [0.29, 0.717) is 19.8 Å². The zero-order valence-corrected chi connectivity index (χ0v) is 11.9. The fraction of sp³-hybridized carbons (Fsp3) is 0.429. The zero-order valence-electron chi connectivity index (χ0n) is 11.9. The molecular formula is C14H20N4O2. The maximum Gasteiger partial charge on any atom is 0.123 e. The van der Waals surface area contributed by atoms with Crippen molar-refractivity contribution in [2.75, 3.05) is 20.3 Å². The van der Waals surface area contributed by atoms with Crippen LogP contribution in [0.3, 0.4) is 0 Å². The maximum atomic E-state index is 5.68. The third kappa shape index (κ3) is 4.24. The Morgan fingerprint density at radius 1 is 1.25 bits per heavy atom. The number of rotatable bonds is 8. The first kappa shape index (κ1) is 14.3. The molecule has 1 heterocycles. The van der Waals surface area contributed by atoms with E-state index in [9.17, 15) is 0 Å². The molecule has 0 fully saturated rings. The Hall–Kier alpha value is -2.08. The summed E-state index contributed by atoms with van der Waals surface area (Å²) in [5.74, 6) is 1.62. The van der Waals surface area contributed by atoms with E-state index in [4.69, 9.17) is 9.47 Å². The van der Waals surface area contributed by atoms with Crippen LogP contribution in [-0.2, 0) is 13.1 Å². The van der Waals surface area contributed by atoms with Crippen molar-refractivity contribution in [3.63, 3.8) is 0 Å². The molecule has 0 bridgehead atoms. The standard InChI is InChI=1S/C14H20N4O2/c1-3-19-13-5-4-6-14(9-13)20-8-7-18-11-12(10-15-2)16-17-18/h4-6,9,11,15H,3,7-8,10H2,1-2H3. The highest BCUT2D eigenvalue weighted by Crippen LogP contribution is 2.19. The van der Waals surface area contributed by atoms with Crippen molar-refractivity contribution < 1.29 is 9.47 Å². The first-order chi connectivity index (χ1) is 9.81. The molecule has 6 nitrogen and oxygen atoms in total. The third-order valence-corrected chi connectivity index (χ3v) is 2.65. The lowest BCUT2D eigenvalue weighted by atomic mass is 10.3. The Balaban J connectivity index is 1.81. The van der Waals surface area contributed by atoms with Gasteiger partial charge >= 0.3 is 0 Å². The normalized spacial score (nSPS) is 10.5. The monoisotopic (exact) mass is 276 g/mol. The minimum atomic E-state index is 0.540. The number of hydrogen-bond donors (Lipinski definition) is 1. The van der Waals surface area contributed by atoms with Crippen molar-refractivity contribution >= 4 is 0 Å². The molecule has 0 atom stereocenters. The molecule has 6 heteroatoms. The van der Waals surface area contributed by atoms with Crippen molar-refractivity contribution in [3.8, 4) is 11.5 Å². The summed E-state index contributed by atoms with van der Waals surface area (Å²) < 4.78 is 12.9. The van der Waals surface area contributed by atoms with Gasteiger partial charge in [0.2, 0.25) is 0 Å². The smallest absolute Gasteiger partial charge is 0.123 e. The summed E-state index contributed by atoms with van der Waals surface area (Å²) in [5, 5.41) is 11.1. The lowest BCUT2D eigenvalue weighted by molar-refractivity contribution is 0.285. The van der Waals surface area contributed by atoms with Gasteiger partial charge in [-0.3, -0.25) is 0 Å². The van der Waals surface area contributed by atoms with Gasteiger partial charge in [-0.1, -0.05) is 11.3 Å². The molecular weight excluding hydrogens is 256 g/mol. The summed E-state index contributed by atoms with van der Waals surface area (Å²) in [5.41, 5.74) is 0.922. The number of hydrogen-bond acceptors (Lipinski definition) is 5. The van der Waals surface area contributed by atoms with Gasteiger partial charge in [0, 0.05) is 18.8 Å². The predicted molar refractivity (Wildman–Crippen MR) is 75.9 cm³/mol. The zero-order chi connectivity index (χ0) is 14.2. The molecule has 0 aliphatic rings. The SMILES string of the molecule is CCOc1cccc(OCCn2cc(CNC)nn2)c1. The van der Waals surface area contributed by atoms with Crippen LogP contribution in [0.25, 0.3) is 0 Å². The van der Waals surface area contributed by atoms with E-state index < -0.39 is 0 Å². The molecule has 108 valence electrons. The molecule has 2 aromatic rings. The van der Waals surface area contributed by atoms with E-state index >= 15 is 0 Å². The van der Waals surface area contributed by atoms with E-state index in [1.54, 1.807) is 4.68 Å². The molecule has 1 N–H and O–H groups in total. The van der Waals surface area contributed by atoms with Gasteiger partial charge in [0.25, 0.3) is 0 Å². The second kappa shape index (κ2) is 7.49. The van der Waals surface area contributed by atoms with Crippen LogP contribution < -0.4 is 14.8 Å². The molecule has 1 aromatic heterocycles. The van der Waals surface area contributed by atoms with E-state index in [1.165, 1.54) is 0 Å². The molecule has 0 unspecified atom stereocenters. The average Bonchev–Trinajstić information content (AvgIpc) is 2.88. The Morgan fingerprint density at radius 2 is 2.05 bits per heavy atom. The minimum absolute atomic E-state index is 0.540. The van der Waals surface area contributed by atoms with Crippen molar-refractivity contribution in [2.45, 2.75) is 20.0 Å². The van der Waals surface area contributed by atoms with Crippen LogP contribution in [0.4, 0.5) is 0 Å². The fourth-order valence-corrected chi connectivity index (χ4v) is 1.79. The van der Waals surface area contributed by atoms with Crippen LogP contribution in [0, 0.1) is 0 Å². The molecule has 0 spiro atoms. The Kier molecular flexibility index (Phi) is 5.37. The van der Waals surface area contributed by atoms with Gasteiger partial charge in [0.1, 0.15) is 18.1 Å². The summed E-state index contributed by atoms with van der Waals surface area (Å²) >= 11 is 0. The van der Waals surface area contributed by atoms with Crippen LogP contribution in [0.2, 0.25) is 0 Å². The van der Waals surface area contributed by atoms with Crippen LogP contribution in [-0.4, -0.2) is 35.3 Å². The molecule has 0 saturated heterocycles. The Labute approximate surface area is 118 Å². The second-order valence-corrected chi connectivity index (χ2v) is 4.26. The molecule has 0 amide bonds. The summed E-state index contributed by atoms with van der Waals surface area (Å²) in [7, 11) is 1.88. The minimum Gasteiger partial charge on any atom is -0.494 e. The van der Waals surface area contributed by atoms with Crippen LogP contribution >= 0.6 is 0 Å². The second-order valence-electron chi connectivity index (χ2n) is 4.26. The van der Waals surface area contributed by atoms with Gasteiger partial charge in [-0.2, -0.15) is 0 Å². The molecule has 1 aromatic carbocycles. The first-order valence-corrected chi connectivity index (χ1v) is 6.71. The largest absolute Gasteiger partial charge is 0.494 e. The van der Waals surface area contributed by atoms with Gasteiger partial charge in [0.05, 0.1) is 18.8 Å². The third-order valence-electron chi connectivity index (χ3n) is 2.65. The molecule has 0 aliphatic carbocycles.